The number of hydrogen-bond acceptors (Lipinski definition) is 4. The fourth-order valence-corrected chi connectivity index (χ4v) is 5.84. The van der Waals surface area contributed by atoms with E-state index in [4.69, 9.17) is 0 Å². The number of carbonyl (C=O) groups excluding carboxylic acids is 1. The summed E-state index contributed by atoms with van der Waals surface area (Å²) in [4.78, 5) is 14.6. The number of fused-ring (bicyclic) bond motifs is 1. The van der Waals surface area contributed by atoms with Crippen molar-refractivity contribution < 1.29 is 4.79 Å². The molecule has 1 aromatic heterocycles. The molecule has 0 aromatic carbocycles. The van der Waals surface area contributed by atoms with Crippen molar-refractivity contribution in [1.82, 2.24) is 10.2 Å². The van der Waals surface area contributed by atoms with Crippen LogP contribution >= 0.6 is 23.1 Å². The van der Waals surface area contributed by atoms with Gasteiger partial charge in [-0.25, -0.2) is 0 Å². The maximum Gasteiger partial charge on any atom is 0.239 e. The number of amides is 1. The van der Waals surface area contributed by atoms with Crippen LogP contribution < -0.4 is 5.32 Å². The molecule has 1 N–H and O–H groups in total. The highest BCUT2D eigenvalue weighted by molar-refractivity contribution is 8.01. The Morgan fingerprint density at radius 2 is 2.14 bits per heavy atom. The Kier molecular flexibility index (Phi) is 4.92. The van der Waals surface area contributed by atoms with E-state index in [2.05, 4.69) is 23.7 Å². The van der Waals surface area contributed by atoms with E-state index in [-0.39, 0.29) is 11.9 Å². The molecule has 116 valence electrons. The van der Waals surface area contributed by atoms with Gasteiger partial charge in [-0.1, -0.05) is 6.92 Å². The molecule has 0 aliphatic carbocycles. The monoisotopic (exact) mass is 324 g/mol. The van der Waals surface area contributed by atoms with Gasteiger partial charge in [0.15, 0.2) is 0 Å². The van der Waals surface area contributed by atoms with E-state index in [1.807, 2.05) is 34.9 Å². The van der Waals surface area contributed by atoms with Gasteiger partial charge >= 0.3 is 0 Å². The zero-order valence-electron chi connectivity index (χ0n) is 12.8. The van der Waals surface area contributed by atoms with Crippen LogP contribution in [-0.2, 0) is 4.79 Å². The van der Waals surface area contributed by atoms with Crippen molar-refractivity contribution >= 4 is 29.0 Å². The standard InChI is InChI=1S/C16H24N2OS2/c1-11-10-14(13-6-9-20-16(13)21-11)17-12(2)15(19)18-7-4-3-5-8-18/h6,9,11-12,14,17H,3-5,7-8,10H2,1-2H3/t11-,12?,14?/m0/s1. The number of rotatable bonds is 3. The van der Waals surface area contributed by atoms with Crippen LogP contribution in [0.2, 0.25) is 0 Å². The second-order valence-corrected chi connectivity index (χ2v) is 8.78. The average Bonchev–Trinajstić information content (AvgIpc) is 2.95. The van der Waals surface area contributed by atoms with Crippen molar-refractivity contribution in [3.05, 3.63) is 17.0 Å². The molecule has 5 heteroatoms. The molecule has 2 aliphatic heterocycles. The molecule has 3 rings (SSSR count). The summed E-state index contributed by atoms with van der Waals surface area (Å²) < 4.78 is 1.42. The highest BCUT2D eigenvalue weighted by Gasteiger charge is 2.30. The fraction of sp³-hybridized carbons (Fsp3) is 0.688. The first-order valence-corrected chi connectivity index (χ1v) is 9.70. The van der Waals surface area contributed by atoms with Crippen LogP contribution in [0.15, 0.2) is 15.7 Å². The van der Waals surface area contributed by atoms with Gasteiger partial charge in [-0.3, -0.25) is 10.1 Å². The first-order valence-electron chi connectivity index (χ1n) is 7.94. The molecule has 0 radical (unpaired) electrons. The van der Waals surface area contributed by atoms with Gasteiger partial charge < -0.3 is 4.90 Å². The summed E-state index contributed by atoms with van der Waals surface area (Å²) in [6, 6.07) is 2.46. The minimum Gasteiger partial charge on any atom is -0.341 e. The molecular weight excluding hydrogens is 300 g/mol. The Hall–Kier alpha value is -0.520. The van der Waals surface area contributed by atoms with Gasteiger partial charge in [0.25, 0.3) is 0 Å². The SMILES string of the molecule is CC(NC1C[C@H](C)Sc2sccc21)C(=O)N1CCCCC1. The fourth-order valence-electron chi connectivity index (χ4n) is 3.27. The number of thioether (sulfide) groups is 1. The molecule has 0 saturated carbocycles. The topological polar surface area (TPSA) is 32.3 Å². The number of nitrogens with one attached hydrogen (secondary N) is 1. The predicted molar refractivity (Wildman–Crippen MR) is 90.0 cm³/mol. The summed E-state index contributed by atoms with van der Waals surface area (Å²) in [6.07, 6.45) is 4.68. The lowest BCUT2D eigenvalue weighted by Crippen LogP contribution is -2.48. The smallest absolute Gasteiger partial charge is 0.239 e. The predicted octanol–water partition coefficient (Wildman–Crippen LogP) is 3.66. The molecule has 3 nitrogen and oxygen atoms in total. The maximum atomic E-state index is 12.6. The Bertz CT molecular complexity index is 496. The molecule has 1 saturated heterocycles. The maximum absolute atomic E-state index is 12.6. The van der Waals surface area contributed by atoms with E-state index in [1.54, 1.807) is 0 Å². The van der Waals surface area contributed by atoms with E-state index < -0.39 is 0 Å². The lowest BCUT2D eigenvalue weighted by atomic mass is 10.0. The normalized spacial score (nSPS) is 27.2. The molecule has 21 heavy (non-hydrogen) atoms. The minimum atomic E-state index is -0.0869. The van der Waals surface area contributed by atoms with Crippen molar-refractivity contribution in [1.29, 1.82) is 0 Å². The van der Waals surface area contributed by atoms with Crippen molar-refractivity contribution in [2.75, 3.05) is 13.1 Å². The summed E-state index contributed by atoms with van der Waals surface area (Å²) in [5.41, 5.74) is 1.39. The number of likely N-dealkylation sites (tertiary alicyclic amines) is 1. The Morgan fingerprint density at radius 1 is 1.38 bits per heavy atom. The van der Waals surface area contributed by atoms with E-state index in [0.29, 0.717) is 11.3 Å². The number of carbonyl (C=O) groups is 1. The second-order valence-electron chi connectivity index (χ2n) is 6.15. The first-order chi connectivity index (χ1) is 10.1. The van der Waals surface area contributed by atoms with E-state index in [9.17, 15) is 4.79 Å². The molecular formula is C16H24N2OS2. The van der Waals surface area contributed by atoms with Crippen LogP contribution in [0.5, 0.6) is 0 Å². The average molecular weight is 325 g/mol. The van der Waals surface area contributed by atoms with Gasteiger partial charge in [-0.15, -0.1) is 23.1 Å². The summed E-state index contributed by atoms with van der Waals surface area (Å²) in [5.74, 6) is 0.275. The summed E-state index contributed by atoms with van der Waals surface area (Å²) in [5, 5.41) is 6.38. The highest BCUT2D eigenvalue weighted by Crippen LogP contribution is 2.43. The van der Waals surface area contributed by atoms with Crippen molar-refractivity contribution in [2.24, 2.45) is 0 Å². The quantitative estimate of drug-likeness (QED) is 0.921. The second kappa shape index (κ2) is 6.71. The highest BCUT2D eigenvalue weighted by atomic mass is 32.2. The van der Waals surface area contributed by atoms with Crippen molar-refractivity contribution in [2.45, 2.75) is 61.1 Å². The molecule has 0 spiro atoms. The van der Waals surface area contributed by atoms with Crippen LogP contribution in [0.1, 0.15) is 51.1 Å². The lowest BCUT2D eigenvalue weighted by Gasteiger charge is -2.33. The lowest BCUT2D eigenvalue weighted by molar-refractivity contribution is -0.134. The van der Waals surface area contributed by atoms with E-state index >= 15 is 0 Å². The third-order valence-electron chi connectivity index (χ3n) is 4.40. The summed E-state index contributed by atoms with van der Waals surface area (Å²) in [6.45, 7) is 6.17. The van der Waals surface area contributed by atoms with Crippen LogP contribution in [0.4, 0.5) is 0 Å². The number of nitrogens with zero attached hydrogens (tertiary/aromatic N) is 1. The Balaban J connectivity index is 1.65. The van der Waals surface area contributed by atoms with Crippen LogP contribution in [-0.4, -0.2) is 35.2 Å². The Labute approximate surface area is 135 Å². The van der Waals surface area contributed by atoms with Gasteiger partial charge in [0, 0.05) is 24.4 Å². The van der Waals surface area contributed by atoms with Crippen LogP contribution in [0.3, 0.4) is 0 Å². The Morgan fingerprint density at radius 3 is 2.90 bits per heavy atom. The zero-order chi connectivity index (χ0) is 14.8. The molecule has 3 heterocycles. The van der Waals surface area contributed by atoms with E-state index in [0.717, 1.165) is 32.4 Å². The van der Waals surface area contributed by atoms with Crippen molar-refractivity contribution in [3.63, 3.8) is 0 Å². The van der Waals surface area contributed by atoms with Gasteiger partial charge in [-0.05, 0) is 49.6 Å². The largest absolute Gasteiger partial charge is 0.341 e. The van der Waals surface area contributed by atoms with Crippen LogP contribution in [0, 0.1) is 0 Å². The van der Waals surface area contributed by atoms with Crippen molar-refractivity contribution in [3.8, 4) is 0 Å². The van der Waals surface area contributed by atoms with Gasteiger partial charge in [0.05, 0.1) is 10.3 Å². The molecule has 3 atom stereocenters. The van der Waals surface area contributed by atoms with E-state index in [1.165, 1.54) is 16.2 Å². The number of piperidine rings is 1. The summed E-state index contributed by atoms with van der Waals surface area (Å²) in [7, 11) is 0. The van der Waals surface area contributed by atoms with Crippen LogP contribution in [0.25, 0.3) is 0 Å². The van der Waals surface area contributed by atoms with Gasteiger partial charge in [0.2, 0.25) is 5.91 Å². The molecule has 1 amide bonds. The summed E-state index contributed by atoms with van der Waals surface area (Å²) >= 11 is 3.79. The molecule has 0 bridgehead atoms. The number of thiophene rings is 1. The third-order valence-corrected chi connectivity index (χ3v) is 6.74. The zero-order valence-corrected chi connectivity index (χ0v) is 14.4. The molecule has 1 aromatic rings. The van der Waals surface area contributed by atoms with Gasteiger partial charge in [-0.2, -0.15) is 0 Å². The minimum absolute atomic E-state index is 0.0869. The third kappa shape index (κ3) is 3.46. The molecule has 2 unspecified atom stereocenters. The van der Waals surface area contributed by atoms with Gasteiger partial charge in [0.1, 0.15) is 0 Å². The molecule has 2 aliphatic rings. The first kappa shape index (κ1) is 15.4. The number of hydrogen-bond donors (Lipinski definition) is 1. The molecule has 1 fully saturated rings.